The highest BCUT2D eigenvalue weighted by atomic mass is 35.5. The Bertz CT molecular complexity index is 287. The Labute approximate surface area is 97.1 Å². The van der Waals surface area contributed by atoms with Gasteiger partial charge in [0.1, 0.15) is 0 Å². The van der Waals surface area contributed by atoms with Crippen molar-refractivity contribution in [2.45, 2.75) is 25.8 Å². The lowest BCUT2D eigenvalue weighted by atomic mass is 10.1. The third kappa shape index (κ3) is 3.12. The second-order valence-electron chi connectivity index (χ2n) is 3.62. The average molecular weight is 235 g/mol. The molecule has 1 aromatic rings. The summed E-state index contributed by atoms with van der Waals surface area (Å²) in [5.74, 6) is 0.694. The zero-order valence-electron chi connectivity index (χ0n) is 8.14. The summed E-state index contributed by atoms with van der Waals surface area (Å²) >= 11 is 0. The standard InChI is InChI=1S/C10H14N2.2ClH/c1-7-4-5-12-9(6-7)10(11)8-2-3-8;;/h4-6,8,10H,2-3,11H2,1H3;2*1H/t10-;;/m0../s1. The molecule has 2 nitrogen and oxygen atoms in total. The number of halogens is 2. The Morgan fingerprint density at radius 1 is 1.43 bits per heavy atom. The molecule has 2 rings (SSSR count). The molecule has 1 fully saturated rings. The molecule has 0 bridgehead atoms. The van der Waals surface area contributed by atoms with Crippen molar-refractivity contribution in [1.82, 2.24) is 4.98 Å². The van der Waals surface area contributed by atoms with Gasteiger partial charge in [0, 0.05) is 12.2 Å². The minimum atomic E-state index is 0. The van der Waals surface area contributed by atoms with Crippen LogP contribution in [-0.4, -0.2) is 4.98 Å². The number of hydrogen-bond donors (Lipinski definition) is 1. The summed E-state index contributed by atoms with van der Waals surface area (Å²) in [6.45, 7) is 2.07. The predicted molar refractivity (Wildman–Crippen MR) is 63.1 cm³/mol. The number of aryl methyl sites for hydroxylation is 1. The van der Waals surface area contributed by atoms with E-state index in [0.717, 1.165) is 5.69 Å². The lowest BCUT2D eigenvalue weighted by Crippen LogP contribution is -2.13. The van der Waals surface area contributed by atoms with E-state index in [1.165, 1.54) is 18.4 Å². The van der Waals surface area contributed by atoms with Crippen LogP contribution < -0.4 is 5.73 Å². The molecule has 0 amide bonds. The van der Waals surface area contributed by atoms with Crippen LogP contribution in [0, 0.1) is 12.8 Å². The van der Waals surface area contributed by atoms with Crippen LogP contribution in [0.2, 0.25) is 0 Å². The van der Waals surface area contributed by atoms with Gasteiger partial charge in [0.15, 0.2) is 0 Å². The van der Waals surface area contributed by atoms with E-state index < -0.39 is 0 Å². The summed E-state index contributed by atoms with van der Waals surface area (Å²) < 4.78 is 0. The smallest absolute Gasteiger partial charge is 0.0576 e. The van der Waals surface area contributed by atoms with Gasteiger partial charge in [0.2, 0.25) is 0 Å². The van der Waals surface area contributed by atoms with Crippen molar-refractivity contribution in [1.29, 1.82) is 0 Å². The van der Waals surface area contributed by atoms with Crippen molar-refractivity contribution in [3.63, 3.8) is 0 Å². The number of rotatable bonds is 2. The Morgan fingerprint density at radius 2 is 2.07 bits per heavy atom. The molecule has 0 aliphatic heterocycles. The maximum atomic E-state index is 6.01. The van der Waals surface area contributed by atoms with Gasteiger partial charge >= 0.3 is 0 Å². The molecular formula is C10H16Cl2N2. The summed E-state index contributed by atoms with van der Waals surface area (Å²) in [6.07, 6.45) is 4.39. The fraction of sp³-hybridized carbons (Fsp3) is 0.500. The normalized spacial score (nSPS) is 16.4. The highest BCUT2D eigenvalue weighted by molar-refractivity contribution is 5.85. The highest BCUT2D eigenvalue weighted by Crippen LogP contribution is 2.38. The van der Waals surface area contributed by atoms with Gasteiger partial charge in [-0.2, -0.15) is 0 Å². The van der Waals surface area contributed by atoms with Crippen molar-refractivity contribution in [3.05, 3.63) is 29.6 Å². The van der Waals surface area contributed by atoms with Crippen LogP contribution >= 0.6 is 24.8 Å². The monoisotopic (exact) mass is 234 g/mol. The average Bonchev–Trinajstić information content (AvgIpc) is 2.85. The maximum Gasteiger partial charge on any atom is 0.0576 e. The summed E-state index contributed by atoms with van der Waals surface area (Å²) in [4.78, 5) is 4.28. The lowest BCUT2D eigenvalue weighted by molar-refractivity contribution is 0.614. The summed E-state index contributed by atoms with van der Waals surface area (Å²) in [7, 11) is 0. The quantitative estimate of drug-likeness (QED) is 0.855. The molecule has 1 saturated carbocycles. The predicted octanol–water partition coefficient (Wildman–Crippen LogP) is 2.64. The largest absolute Gasteiger partial charge is 0.322 e. The van der Waals surface area contributed by atoms with Crippen molar-refractivity contribution < 1.29 is 0 Å². The van der Waals surface area contributed by atoms with Crippen molar-refractivity contribution in [2.75, 3.05) is 0 Å². The van der Waals surface area contributed by atoms with Gasteiger partial charge in [-0.1, -0.05) is 0 Å². The van der Waals surface area contributed by atoms with Gasteiger partial charge in [-0.25, -0.2) is 0 Å². The van der Waals surface area contributed by atoms with Gasteiger partial charge in [0.25, 0.3) is 0 Å². The summed E-state index contributed by atoms with van der Waals surface area (Å²) in [5, 5.41) is 0. The van der Waals surface area contributed by atoms with Crippen LogP contribution in [0.5, 0.6) is 0 Å². The maximum absolute atomic E-state index is 6.01. The molecule has 1 heterocycles. The summed E-state index contributed by atoms with van der Waals surface area (Å²) in [6, 6.07) is 4.26. The molecule has 2 N–H and O–H groups in total. The molecule has 0 saturated heterocycles. The van der Waals surface area contributed by atoms with Crippen LogP contribution in [0.25, 0.3) is 0 Å². The van der Waals surface area contributed by atoms with Crippen LogP contribution in [0.3, 0.4) is 0 Å². The van der Waals surface area contributed by atoms with E-state index >= 15 is 0 Å². The third-order valence-corrected chi connectivity index (χ3v) is 2.41. The van der Waals surface area contributed by atoms with Gasteiger partial charge < -0.3 is 5.73 Å². The fourth-order valence-corrected chi connectivity index (χ4v) is 1.44. The molecule has 0 radical (unpaired) electrons. The first-order valence-corrected chi connectivity index (χ1v) is 4.45. The second-order valence-corrected chi connectivity index (χ2v) is 3.62. The SMILES string of the molecule is Cc1ccnc([C@@H](N)C2CC2)c1.Cl.Cl. The molecule has 1 aliphatic rings. The Balaban J connectivity index is 0.000000845. The molecular weight excluding hydrogens is 219 g/mol. The van der Waals surface area contributed by atoms with E-state index in [0.29, 0.717) is 5.92 Å². The molecule has 14 heavy (non-hydrogen) atoms. The van der Waals surface area contributed by atoms with E-state index in [9.17, 15) is 0 Å². The van der Waals surface area contributed by atoms with Crippen LogP contribution in [0.15, 0.2) is 18.3 Å². The fourth-order valence-electron chi connectivity index (χ4n) is 1.44. The third-order valence-electron chi connectivity index (χ3n) is 2.41. The summed E-state index contributed by atoms with van der Waals surface area (Å²) in [5.41, 5.74) is 8.31. The van der Waals surface area contributed by atoms with Crippen molar-refractivity contribution in [2.24, 2.45) is 11.7 Å². The Hall–Kier alpha value is -0.310. The van der Waals surface area contributed by atoms with E-state index in [1.54, 1.807) is 0 Å². The molecule has 1 aromatic heterocycles. The minimum Gasteiger partial charge on any atom is -0.322 e. The number of nitrogens with two attached hydrogens (primary N) is 1. The number of pyridine rings is 1. The lowest BCUT2D eigenvalue weighted by Gasteiger charge is -2.09. The molecule has 0 unspecified atom stereocenters. The molecule has 1 aliphatic carbocycles. The van der Waals surface area contributed by atoms with E-state index in [1.807, 2.05) is 12.3 Å². The first kappa shape index (κ1) is 13.7. The van der Waals surface area contributed by atoms with Gasteiger partial charge in [-0.05, 0) is 43.4 Å². The molecule has 0 spiro atoms. The molecule has 4 heteroatoms. The zero-order valence-corrected chi connectivity index (χ0v) is 9.78. The van der Waals surface area contributed by atoms with Gasteiger partial charge in [0.05, 0.1) is 5.69 Å². The molecule has 1 atom stereocenters. The van der Waals surface area contributed by atoms with Gasteiger partial charge in [-0.3, -0.25) is 4.98 Å². The zero-order chi connectivity index (χ0) is 8.55. The molecule has 80 valence electrons. The number of nitrogens with zero attached hydrogens (tertiary/aromatic N) is 1. The minimum absolute atomic E-state index is 0. The topological polar surface area (TPSA) is 38.9 Å². The van der Waals surface area contributed by atoms with Crippen LogP contribution in [0.4, 0.5) is 0 Å². The highest BCUT2D eigenvalue weighted by Gasteiger charge is 2.30. The number of hydrogen-bond acceptors (Lipinski definition) is 2. The van der Waals surface area contributed by atoms with E-state index in [4.69, 9.17) is 5.73 Å². The second kappa shape index (κ2) is 5.54. The first-order chi connectivity index (χ1) is 5.77. The van der Waals surface area contributed by atoms with Crippen molar-refractivity contribution >= 4 is 24.8 Å². The van der Waals surface area contributed by atoms with Crippen LogP contribution in [-0.2, 0) is 0 Å². The number of aromatic nitrogens is 1. The molecule has 0 aromatic carbocycles. The van der Waals surface area contributed by atoms with E-state index in [-0.39, 0.29) is 30.9 Å². The Morgan fingerprint density at radius 3 is 2.57 bits per heavy atom. The first-order valence-electron chi connectivity index (χ1n) is 4.45. The van der Waals surface area contributed by atoms with Gasteiger partial charge in [-0.15, -0.1) is 24.8 Å². The van der Waals surface area contributed by atoms with Crippen LogP contribution in [0.1, 0.15) is 30.1 Å². The van der Waals surface area contributed by atoms with E-state index in [2.05, 4.69) is 18.0 Å². The van der Waals surface area contributed by atoms with Crippen molar-refractivity contribution in [3.8, 4) is 0 Å². The Kier molecular flexibility index (Phi) is 5.42.